The molecule has 0 heterocycles. The number of benzene rings is 2. The summed E-state index contributed by atoms with van der Waals surface area (Å²) in [6.07, 6.45) is 1.14. The molecule has 0 radical (unpaired) electrons. The van der Waals surface area contributed by atoms with E-state index < -0.39 is 0 Å². The Hall–Kier alpha value is -1.22. The second-order valence-corrected chi connectivity index (χ2v) is 8.90. The number of ether oxygens (including phenoxy) is 1. The second-order valence-electron chi connectivity index (χ2n) is 8.46. The van der Waals surface area contributed by atoms with Crippen molar-refractivity contribution in [1.29, 1.82) is 0 Å². The summed E-state index contributed by atoms with van der Waals surface area (Å²) in [6, 6.07) is 15.0. The van der Waals surface area contributed by atoms with E-state index >= 15 is 0 Å². The quantitative estimate of drug-likeness (QED) is 0.570. The molecule has 1 aliphatic carbocycles. The first-order chi connectivity index (χ1) is 12.3. The van der Waals surface area contributed by atoms with Crippen LogP contribution >= 0.6 is 24.0 Å². The van der Waals surface area contributed by atoms with Crippen LogP contribution in [0.2, 0.25) is 5.02 Å². The lowest BCUT2D eigenvalue weighted by atomic mass is 9.62. The van der Waals surface area contributed by atoms with Crippen molar-refractivity contribution in [2.24, 2.45) is 5.41 Å². The number of halogens is 2. The molecule has 0 aliphatic heterocycles. The number of hydrogen-bond donors (Lipinski definition) is 0. The van der Waals surface area contributed by atoms with E-state index in [-0.39, 0.29) is 17.8 Å². The fourth-order valence-corrected chi connectivity index (χ4v) is 4.03. The highest BCUT2D eigenvalue weighted by Gasteiger charge is 2.38. The van der Waals surface area contributed by atoms with Crippen LogP contribution in [0.1, 0.15) is 55.7 Å². The van der Waals surface area contributed by atoms with Crippen molar-refractivity contribution in [3.05, 3.63) is 64.2 Å². The molecule has 2 nitrogen and oxygen atoms in total. The molecular weight excluding hydrogens is 377 g/mol. The third kappa shape index (κ3) is 4.99. The van der Waals surface area contributed by atoms with Crippen LogP contribution in [0.25, 0.3) is 0 Å². The summed E-state index contributed by atoms with van der Waals surface area (Å²) in [7, 11) is 4.13. The number of nitrogens with zero attached hydrogens (tertiary/aromatic N) is 1. The van der Waals surface area contributed by atoms with Gasteiger partial charge >= 0.3 is 0 Å². The molecule has 0 spiro atoms. The standard InChI is InChI=1S/C23H30ClNO.ClH/c1-16-21-14-19(26-13-12-25(4)5)10-11-20(21)22(15-23(16,2)3)17-6-8-18(24)9-7-17;/h6-11,14,16,22H,12-13,15H2,1-5H3;1H. The maximum atomic E-state index is 6.10. The third-order valence-corrected chi connectivity index (χ3v) is 6.13. The zero-order valence-electron chi connectivity index (χ0n) is 17.0. The number of likely N-dealkylation sites (N-methyl/N-ethyl adjacent to an activating group) is 1. The van der Waals surface area contributed by atoms with Gasteiger partial charge in [0.2, 0.25) is 0 Å². The van der Waals surface area contributed by atoms with Gasteiger partial charge in [0.25, 0.3) is 0 Å². The minimum atomic E-state index is 0. The van der Waals surface area contributed by atoms with Crippen molar-refractivity contribution in [3.8, 4) is 5.75 Å². The van der Waals surface area contributed by atoms with Gasteiger partial charge in [0.05, 0.1) is 0 Å². The molecule has 148 valence electrons. The molecule has 2 atom stereocenters. The van der Waals surface area contributed by atoms with E-state index in [1.165, 1.54) is 16.7 Å². The van der Waals surface area contributed by atoms with Crippen LogP contribution in [0.3, 0.4) is 0 Å². The van der Waals surface area contributed by atoms with Gasteiger partial charge in [0.1, 0.15) is 12.4 Å². The Kier molecular flexibility index (Phi) is 7.24. The average Bonchev–Trinajstić information content (AvgIpc) is 2.59. The van der Waals surface area contributed by atoms with Crippen molar-refractivity contribution >= 4 is 24.0 Å². The number of hydrogen-bond acceptors (Lipinski definition) is 2. The van der Waals surface area contributed by atoms with Crippen LogP contribution in [0.4, 0.5) is 0 Å². The van der Waals surface area contributed by atoms with Crippen molar-refractivity contribution in [2.75, 3.05) is 27.2 Å². The lowest BCUT2D eigenvalue weighted by Crippen LogP contribution is -2.29. The van der Waals surface area contributed by atoms with Gasteiger partial charge in [0, 0.05) is 17.5 Å². The van der Waals surface area contributed by atoms with Crippen LogP contribution in [0.5, 0.6) is 5.75 Å². The molecule has 0 bridgehead atoms. The van der Waals surface area contributed by atoms with E-state index in [0.29, 0.717) is 18.4 Å². The molecule has 0 amide bonds. The topological polar surface area (TPSA) is 12.5 Å². The molecule has 2 aromatic rings. The normalized spacial score (nSPS) is 20.7. The predicted octanol–water partition coefficient (Wildman–Crippen LogP) is 6.37. The highest BCUT2D eigenvalue weighted by molar-refractivity contribution is 6.30. The van der Waals surface area contributed by atoms with Gasteiger partial charge in [-0.2, -0.15) is 0 Å². The zero-order valence-corrected chi connectivity index (χ0v) is 18.5. The third-order valence-electron chi connectivity index (χ3n) is 5.88. The Morgan fingerprint density at radius 1 is 1.07 bits per heavy atom. The molecule has 0 N–H and O–H groups in total. The molecule has 4 heteroatoms. The number of fused-ring (bicyclic) bond motifs is 1. The van der Waals surface area contributed by atoms with Crippen LogP contribution in [0.15, 0.2) is 42.5 Å². The van der Waals surface area contributed by atoms with Gasteiger partial charge in [-0.15, -0.1) is 12.4 Å². The maximum Gasteiger partial charge on any atom is 0.119 e. The Labute approximate surface area is 175 Å². The fourth-order valence-electron chi connectivity index (χ4n) is 3.91. The highest BCUT2D eigenvalue weighted by atomic mass is 35.5. The maximum absolute atomic E-state index is 6.10. The van der Waals surface area contributed by atoms with Gasteiger partial charge in [-0.25, -0.2) is 0 Å². The summed E-state index contributed by atoms with van der Waals surface area (Å²) < 4.78 is 6.00. The Morgan fingerprint density at radius 2 is 1.74 bits per heavy atom. The minimum absolute atomic E-state index is 0. The average molecular weight is 408 g/mol. The minimum Gasteiger partial charge on any atom is -0.492 e. The lowest BCUT2D eigenvalue weighted by Gasteiger charge is -2.43. The largest absolute Gasteiger partial charge is 0.492 e. The summed E-state index contributed by atoms with van der Waals surface area (Å²) in [5.41, 5.74) is 4.43. The van der Waals surface area contributed by atoms with Gasteiger partial charge in [0.15, 0.2) is 0 Å². The first kappa shape index (κ1) is 22.1. The first-order valence-electron chi connectivity index (χ1n) is 9.45. The molecule has 27 heavy (non-hydrogen) atoms. The van der Waals surface area contributed by atoms with Gasteiger partial charge in [-0.1, -0.05) is 50.6 Å². The Balaban J connectivity index is 0.00000261. The van der Waals surface area contributed by atoms with E-state index in [1.54, 1.807) is 0 Å². The second kappa shape index (κ2) is 8.86. The van der Waals surface area contributed by atoms with Crippen molar-refractivity contribution in [2.45, 2.75) is 39.0 Å². The molecular formula is C23H31Cl2NO. The van der Waals surface area contributed by atoms with E-state index in [0.717, 1.165) is 23.7 Å². The van der Waals surface area contributed by atoms with Crippen LogP contribution < -0.4 is 4.74 Å². The molecule has 0 saturated heterocycles. The van der Waals surface area contributed by atoms with Crippen molar-refractivity contribution < 1.29 is 4.74 Å². The Bertz CT molecular complexity index is 755. The summed E-state index contributed by atoms with van der Waals surface area (Å²) in [6.45, 7) is 8.74. The molecule has 0 fully saturated rings. The zero-order chi connectivity index (χ0) is 18.9. The van der Waals surface area contributed by atoms with E-state index in [2.05, 4.69) is 70.1 Å². The highest BCUT2D eigenvalue weighted by Crippen LogP contribution is 2.52. The van der Waals surface area contributed by atoms with Gasteiger partial charge < -0.3 is 9.64 Å². The lowest BCUT2D eigenvalue weighted by molar-refractivity contribution is 0.239. The monoisotopic (exact) mass is 407 g/mol. The number of rotatable bonds is 5. The molecule has 0 aromatic heterocycles. The van der Waals surface area contributed by atoms with Gasteiger partial charge in [-0.3, -0.25) is 0 Å². The molecule has 1 aliphatic rings. The molecule has 2 aromatic carbocycles. The smallest absolute Gasteiger partial charge is 0.119 e. The molecule has 0 saturated carbocycles. The van der Waals surface area contributed by atoms with E-state index in [9.17, 15) is 0 Å². The summed E-state index contributed by atoms with van der Waals surface area (Å²) in [5.74, 6) is 1.88. The SMILES string of the molecule is CC1c2cc(OCCN(C)C)ccc2C(c2ccc(Cl)cc2)CC1(C)C.Cl. The summed E-state index contributed by atoms with van der Waals surface area (Å²) in [5, 5.41) is 0.794. The van der Waals surface area contributed by atoms with E-state index in [1.807, 2.05) is 12.1 Å². The van der Waals surface area contributed by atoms with Gasteiger partial charge in [-0.05, 0) is 72.8 Å². The van der Waals surface area contributed by atoms with Crippen molar-refractivity contribution in [3.63, 3.8) is 0 Å². The van der Waals surface area contributed by atoms with Crippen LogP contribution in [-0.2, 0) is 0 Å². The molecule has 3 rings (SSSR count). The predicted molar refractivity (Wildman–Crippen MR) is 118 cm³/mol. The fraction of sp³-hybridized carbons (Fsp3) is 0.478. The van der Waals surface area contributed by atoms with E-state index in [4.69, 9.17) is 16.3 Å². The van der Waals surface area contributed by atoms with Crippen LogP contribution in [0, 0.1) is 5.41 Å². The van der Waals surface area contributed by atoms with Crippen LogP contribution in [-0.4, -0.2) is 32.1 Å². The van der Waals surface area contributed by atoms with Crippen molar-refractivity contribution in [1.82, 2.24) is 4.90 Å². The summed E-state index contributed by atoms with van der Waals surface area (Å²) in [4.78, 5) is 2.14. The first-order valence-corrected chi connectivity index (χ1v) is 9.82. The summed E-state index contributed by atoms with van der Waals surface area (Å²) >= 11 is 6.10. The Morgan fingerprint density at radius 3 is 2.37 bits per heavy atom. The molecule has 2 unspecified atom stereocenters.